The molecule has 0 bridgehead atoms. The van der Waals surface area contributed by atoms with E-state index in [1.165, 1.54) is 0 Å². The second-order valence-corrected chi connectivity index (χ2v) is 7.13. The number of nitrogens with one attached hydrogen (secondary N) is 2. The molecule has 5 rings (SSSR count). The maximum atomic E-state index is 5.94. The van der Waals surface area contributed by atoms with Gasteiger partial charge in [-0.25, -0.2) is 9.97 Å². The minimum absolute atomic E-state index is 0.570. The summed E-state index contributed by atoms with van der Waals surface area (Å²) >= 11 is 0. The third-order valence-electron chi connectivity index (χ3n) is 5.15. The Hall–Kier alpha value is -4.59. The summed E-state index contributed by atoms with van der Waals surface area (Å²) in [5.74, 6) is 0.613. The molecule has 0 amide bonds. The highest BCUT2D eigenvalue weighted by molar-refractivity contribution is 5.95. The quantitative estimate of drug-likeness (QED) is 0.363. The molecule has 0 aliphatic heterocycles. The molecule has 0 unspecified atom stereocenters. The topological polar surface area (TPSA) is 122 Å². The summed E-state index contributed by atoms with van der Waals surface area (Å²) in [4.78, 5) is 21.6. The van der Waals surface area contributed by atoms with Crippen molar-refractivity contribution in [2.75, 3.05) is 0 Å². The van der Waals surface area contributed by atoms with Gasteiger partial charge >= 0.3 is 0 Å². The second-order valence-electron chi connectivity index (χ2n) is 7.13. The Kier molecular flexibility index (Phi) is 4.79. The van der Waals surface area contributed by atoms with Crippen LogP contribution in [0.4, 0.5) is 0 Å². The molecule has 0 atom stereocenters. The normalized spacial score (nSPS) is 12.5. The van der Waals surface area contributed by atoms with E-state index >= 15 is 0 Å². The number of aromatic nitrogens is 7. The smallest absolute Gasteiger partial charge is 0.161 e. The summed E-state index contributed by atoms with van der Waals surface area (Å²) < 4.78 is 0. The predicted molar refractivity (Wildman–Crippen MR) is 126 cm³/mol. The first-order valence-electron chi connectivity index (χ1n) is 10.0. The van der Waals surface area contributed by atoms with E-state index in [0.717, 1.165) is 39.1 Å². The van der Waals surface area contributed by atoms with Gasteiger partial charge in [0.15, 0.2) is 11.5 Å². The molecule has 0 aromatic carbocycles. The van der Waals surface area contributed by atoms with Crippen molar-refractivity contribution in [3.8, 4) is 22.8 Å². The van der Waals surface area contributed by atoms with Crippen molar-refractivity contribution in [3.63, 3.8) is 0 Å². The van der Waals surface area contributed by atoms with Gasteiger partial charge in [-0.05, 0) is 55.0 Å². The van der Waals surface area contributed by atoms with Gasteiger partial charge in [0.2, 0.25) is 0 Å². The monoisotopic (exact) mass is 420 g/mol. The number of nitrogens with two attached hydrogens (primary N) is 1. The van der Waals surface area contributed by atoms with Gasteiger partial charge < -0.3 is 10.7 Å². The highest BCUT2D eigenvalue weighted by Crippen LogP contribution is 2.30. The zero-order valence-electron chi connectivity index (χ0n) is 17.4. The molecule has 5 heterocycles. The molecule has 0 radical (unpaired) electrons. The van der Waals surface area contributed by atoms with Crippen molar-refractivity contribution in [2.24, 2.45) is 5.73 Å². The van der Waals surface area contributed by atoms with E-state index in [0.29, 0.717) is 22.7 Å². The average Bonchev–Trinajstić information content (AvgIpc) is 3.46. The van der Waals surface area contributed by atoms with Crippen LogP contribution < -0.4 is 5.73 Å². The van der Waals surface area contributed by atoms with Crippen LogP contribution in [-0.4, -0.2) is 35.1 Å². The SMILES string of the molecule is C=C/C(N)=C\C(=C/C)c1ccc2[nH]nc(-c3nc4c(-c5ccncc5)nccc4[nH]3)c2n1. The number of aromatic amines is 2. The van der Waals surface area contributed by atoms with Crippen LogP contribution in [-0.2, 0) is 0 Å². The molecular weight excluding hydrogens is 400 g/mol. The van der Waals surface area contributed by atoms with E-state index in [-0.39, 0.29) is 0 Å². The van der Waals surface area contributed by atoms with Crippen LogP contribution in [0, 0.1) is 0 Å². The molecule has 32 heavy (non-hydrogen) atoms. The number of fused-ring (bicyclic) bond motifs is 2. The Bertz CT molecular complexity index is 1510. The third-order valence-corrected chi connectivity index (χ3v) is 5.15. The standard InChI is InChI=1S/C24H20N8/c1-3-14(13-16(25)4-2)17-5-6-19-22(28-17)23(32-31-19)24-29-18-9-12-27-20(21(18)30-24)15-7-10-26-11-8-15/h3-13H,2,25H2,1H3,(H,29,30)(H,31,32)/b14-3+,16-13+. The summed E-state index contributed by atoms with van der Waals surface area (Å²) in [6.07, 6.45) is 10.6. The van der Waals surface area contributed by atoms with Gasteiger partial charge in [-0.15, -0.1) is 0 Å². The van der Waals surface area contributed by atoms with Crippen LogP contribution >= 0.6 is 0 Å². The molecule has 156 valence electrons. The van der Waals surface area contributed by atoms with Gasteiger partial charge in [-0.1, -0.05) is 12.7 Å². The second kappa shape index (κ2) is 7.92. The molecule has 0 aliphatic rings. The van der Waals surface area contributed by atoms with Crippen molar-refractivity contribution in [1.29, 1.82) is 0 Å². The maximum absolute atomic E-state index is 5.94. The highest BCUT2D eigenvalue weighted by atomic mass is 15.1. The summed E-state index contributed by atoms with van der Waals surface area (Å²) in [7, 11) is 0. The molecule has 0 saturated heterocycles. The van der Waals surface area contributed by atoms with E-state index in [9.17, 15) is 0 Å². The van der Waals surface area contributed by atoms with Crippen molar-refractivity contribution < 1.29 is 0 Å². The minimum atomic E-state index is 0.570. The first kappa shape index (κ1) is 19.4. The van der Waals surface area contributed by atoms with Crippen molar-refractivity contribution >= 4 is 27.6 Å². The zero-order valence-corrected chi connectivity index (χ0v) is 17.4. The van der Waals surface area contributed by atoms with Crippen LogP contribution in [0.2, 0.25) is 0 Å². The van der Waals surface area contributed by atoms with E-state index in [4.69, 9.17) is 15.7 Å². The molecular formula is C24H20N8. The van der Waals surface area contributed by atoms with Gasteiger partial charge in [0.1, 0.15) is 11.0 Å². The number of hydrogen-bond acceptors (Lipinski definition) is 6. The summed E-state index contributed by atoms with van der Waals surface area (Å²) in [6, 6.07) is 9.59. The molecule has 0 aliphatic carbocycles. The maximum Gasteiger partial charge on any atom is 0.161 e. The Labute approximate surface area is 183 Å². The summed E-state index contributed by atoms with van der Waals surface area (Å²) in [5, 5.41) is 7.52. The fourth-order valence-corrected chi connectivity index (χ4v) is 3.54. The minimum Gasteiger partial charge on any atom is -0.399 e. The summed E-state index contributed by atoms with van der Waals surface area (Å²) in [5.41, 5.74) is 13.7. The lowest BCUT2D eigenvalue weighted by atomic mass is 10.1. The van der Waals surface area contributed by atoms with Gasteiger partial charge in [0.25, 0.3) is 0 Å². The summed E-state index contributed by atoms with van der Waals surface area (Å²) in [6.45, 7) is 5.65. The number of nitrogens with zero attached hydrogens (tertiary/aromatic N) is 5. The van der Waals surface area contributed by atoms with E-state index in [1.54, 1.807) is 24.7 Å². The molecule has 5 aromatic heterocycles. The Morgan fingerprint density at radius 1 is 0.969 bits per heavy atom. The van der Waals surface area contributed by atoms with Crippen LogP contribution in [0.25, 0.3) is 50.4 Å². The van der Waals surface area contributed by atoms with Crippen molar-refractivity contribution in [2.45, 2.75) is 6.92 Å². The molecule has 0 spiro atoms. The molecule has 8 nitrogen and oxygen atoms in total. The fourth-order valence-electron chi connectivity index (χ4n) is 3.54. The largest absolute Gasteiger partial charge is 0.399 e. The van der Waals surface area contributed by atoms with E-state index in [1.807, 2.05) is 49.4 Å². The average molecular weight is 420 g/mol. The van der Waals surface area contributed by atoms with E-state index in [2.05, 4.69) is 31.7 Å². The third kappa shape index (κ3) is 3.33. The number of pyridine rings is 3. The number of allylic oxidation sites excluding steroid dienone is 4. The number of rotatable bonds is 5. The van der Waals surface area contributed by atoms with Crippen LogP contribution in [0.3, 0.4) is 0 Å². The first-order chi connectivity index (χ1) is 15.7. The molecule has 0 fully saturated rings. The lowest BCUT2D eigenvalue weighted by molar-refractivity contribution is 1.10. The number of hydrogen-bond donors (Lipinski definition) is 3. The zero-order chi connectivity index (χ0) is 22.1. The fraction of sp³-hybridized carbons (Fsp3) is 0.0417. The highest BCUT2D eigenvalue weighted by Gasteiger charge is 2.17. The van der Waals surface area contributed by atoms with Crippen LogP contribution in [0.1, 0.15) is 12.6 Å². The van der Waals surface area contributed by atoms with Crippen molar-refractivity contribution in [3.05, 3.63) is 85.1 Å². The van der Waals surface area contributed by atoms with Gasteiger partial charge in [0, 0.05) is 29.9 Å². The van der Waals surface area contributed by atoms with Crippen LogP contribution in [0.5, 0.6) is 0 Å². The molecule has 8 heteroatoms. The Balaban J connectivity index is 1.65. The molecule has 5 aromatic rings. The van der Waals surface area contributed by atoms with Gasteiger partial charge in [-0.2, -0.15) is 5.10 Å². The number of H-pyrrole nitrogens is 2. The van der Waals surface area contributed by atoms with E-state index < -0.39 is 0 Å². The predicted octanol–water partition coefficient (Wildman–Crippen LogP) is 4.39. The Morgan fingerprint density at radius 2 is 1.78 bits per heavy atom. The van der Waals surface area contributed by atoms with Crippen LogP contribution in [0.15, 0.2) is 79.4 Å². The lowest BCUT2D eigenvalue weighted by Gasteiger charge is -2.03. The Morgan fingerprint density at radius 3 is 2.56 bits per heavy atom. The van der Waals surface area contributed by atoms with Gasteiger partial charge in [0.05, 0.1) is 22.4 Å². The first-order valence-corrected chi connectivity index (χ1v) is 10.0. The molecule has 4 N–H and O–H groups in total. The lowest BCUT2D eigenvalue weighted by Crippen LogP contribution is -1.95. The van der Waals surface area contributed by atoms with Gasteiger partial charge in [-0.3, -0.25) is 15.1 Å². The number of imidazole rings is 1. The molecule has 0 saturated carbocycles. The van der Waals surface area contributed by atoms with Crippen molar-refractivity contribution in [1.82, 2.24) is 35.1 Å².